The minimum atomic E-state index is 0.117. The predicted octanol–water partition coefficient (Wildman–Crippen LogP) is 4.00. The molecule has 0 bridgehead atoms. The summed E-state index contributed by atoms with van der Waals surface area (Å²) in [7, 11) is 0. The Bertz CT molecular complexity index is 428. The van der Waals surface area contributed by atoms with E-state index < -0.39 is 0 Å². The van der Waals surface area contributed by atoms with E-state index in [-0.39, 0.29) is 5.41 Å². The molecule has 1 aliphatic carbocycles. The van der Waals surface area contributed by atoms with E-state index >= 15 is 0 Å². The maximum atomic E-state index is 12.1. The van der Waals surface area contributed by atoms with Gasteiger partial charge in [0.15, 0.2) is 5.78 Å². The second-order valence-electron chi connectivity index (χ2n) is 6.16. The summed E-state index contributed by atoms with van der Waals surface area (Å²) in [4.78, 5) is 12.1. The first-order valence-electron chi connectivity index (χ1n) is 6.67. The van der Waals surface area contributed by atoms with Crippen LogP contribution in [0.3, 0.4) is 0 Å². The van der Waals surface area contributed by atoms with Crippen molar-refractivity contribution >= 4 is 5.78 Å². The van der Waals surface area contributed by atoms with E-state index in [0.29, 0.717) is 18.2 Å². The smallest absolute Gasteiger partial charge is 0.165 e. The highest BCUT2D eigenvalue weighted by Crippen LogP contribution is 2.36. The third-order valence-corrected chi connectivity index (χ3v) is 3.79. The molecule has 17 heavy (non-hydrogen) atoms. The van der Waals surface area contributed by atoms with Crippen molar-refractivity contribution in [3.05, 3.63) is 23.5 Å². The number of aromatic nitrogens is 1. The van der Waals surface area contributed by atoms with Crippen molar-refractivity contribution in [1.82, 2.24) is 4.57 Å². The monoisotopic (exact) mass is 233 g/mol. The van der Waals surface area contributed by atoms with Gasteiger partial charge in [0, 0.05) is 29.9 Å². The van der Waals surface area contributed by atoms with Crippen LogP contribution >= 0.6 is 0 Å². The molecule has 1 aliphatic rings. The molecule has 0 saturated carbocycles. The Morgan fingerprint density at radius 3 is 2.76 bits per heavy atom. The van der Waals surface area contributed by atoms with Gasteiger partial charge >= 0.3 is 0 Å². The van der Waals surface area contributed by atoms with Crippen molar-refractivity contribution < 1.29 is 4.79 Å². The molecule has 2 rings (SSSR count). The van der Waals surface area contributed by atoms with Gasteiger partial charge in [-0.05, 0) is 31.2 Å². The van der Waals surface area contributed by atoms with E-state index in [9.17, 15) is 4.79 Å². The lowest BCUT2D eigenvalue weighted by Crippen LogP contribution is -2.28. The fourth-order valence-corrected chi connectivity index (χ4v) is 2.94. The molecule has 1 atom stereocenters. The summed E-state index contributed by atoms with van der Waals surface area (Å²) in [6, 6.07) is 2.52. The zero-order chi connectivity index (χ0) is 12.6. The number of carbonyl (C=O) groups is 1. The maximum absolute atomic E-state index is 12.1. The van der Waals surface area contributed by atoms with Crippen molar-refractivity contribution in [3.8, 4) is 0 Å². The molecule has 0 saturated heterocycles. The number of carbonyl (C=O) groups excluding carboxylic acids is 1. The van der Waals surface area contributed by atoms with Gasteiger partial charge in [0.2, 0.25) is 0 Å². The Kier molecular flexibility index (Phi) is 3.15. The van der Waals surface area contributed by atoms with E-state index in [1.807, 2.05) is 6.07 Å². The molecular weight excluding hydrogens is 210 g/mol. The highest BCUT2D eigenvalue weighted by Gasteiger charge is 2.33. The Morgan fingerprint density at radius 1 is 1.41 bits per heavy atom. The zero-order valence-electron chi connectivity index (χ0n) is 11.4. The summed E-state index contributed by atoms with van der Waals surface area (Å²) in [5.41, 5.74) is 2.34. The van der Waals surface area contributed by atoms with Gasteiger partial charge in [0.25, 0.3) is 0 Å². The molecule has 2 nitrogen and oxygen atoms in total. The summed E-state index contributed by atoms with van der Waals surface area (Å²) in [6.45, 7) is 8.84. The Labute approximate surface area is 104 Å². The van der Waals surface area contributed by atoms with Crippen molar-refractivity contribution in [2.24, 2.45) is 5.41 Å². The van der Waals surface area contributed by atoms with Gasteiger partial charge in [0.1, 0.15) is 0 Å². The largest absolute Gasteiger partial charge is 0.348 e. The van der Waals surface area contributed by atoms with Gasteiger partial charge in [-0.25, -0.2) is 0 Å². The number of nitrogens with zero attached hydrogens (tertiary/aromatic N) is 1. The van der Waals surface area contributed by atoms with Crippen LogP contribution < -0.4 is 0 Å². The first-order chi connectivity index (χ1) is 7.94. The molecule has 2 heteroatoms. The molecule has 0 aliphatic heterocycles. The molecule has 1 heterocycles. The van der Waals surface area contributed by atoms with Crippen LogP contribution in [0.2, 0.25) is 0 Å². The average molecular weight is 233 g/mol. The number of hydrogen-bond acceptors (Lipinski definition) is 1. The number of ketones is 1. The standard InChI is InChI=1S/C15H23NO/c1-5-6-11(2)16-8-7-12-13(16)9-15(3,4)10-14(12)17/h7-8,11H,5-6,9-10H2,1-4H3. The lowest BCUT2D eigenvalue weighted by molar-refractivity contribution is 0.0909. The van der Waals surface area contributed by atoms with Crippen LogP contribution in [0, 0.1) is 5.41 Å². The molecule has 0 fully saturated rings. The molecule has 0 radical (unpaired) electrons. The van der Waals surface area contributed by atoms with E-state index in [4.69, 9.17) is 0 Å². The van der Waals surface area contributed by atoms with Gasteiger partial charge in [0.05, 0.1) is 0 Å². The first kappa shape index (κ1) is 12.4. The Hall–Kier alpha value is -1.05. The van der Waals surface area contributed by atoms with Crippen molar-refractivity contribution in [1.29, 1.82) is 0 Å². The molecule has 0 spiro atoms. The van der Waals surface area contributed by atoms with Crippen LogP contribution in [-0.2, 0) is 6.42 Å². The van der Waals surface area contributed by atoms with Gasteiger partial charge in [-0.1, -0.05) is 27.2 Å². The Balaban J connectivity index is 2.37. The van der Waals surface area contributed by atoms with Gasteiger partial charge in [-0.3, -0.25) is 4.79 Å². The second kappa shape index (κ2) is 4.32. The summed E-state index contributed by atoms with van der Waals surface area (Å²) >= 11 is 0. The molecule has 1 aromatic heterocycles. The van der Waals surface area contributed by atoms with Gasteiger partial charge in [-0.2, -0.15) is 0 Å². The molecule has 1 aromatic rings. The summed E-state index contributed by atoms with van der Waals surface area (Å²) in [6.07, 6.45) is 6.17. The number of rotatable bonds is 3. The Morgan fingerprint density at radius 2 is 2.12 bits per heavy atom. The van der Waals surface area contributed by atoms with Crippen LogP contribution in [0.25, 0.3) is 0 Å². The maximum Gasteiger partial charge on any atom is 0.165 e. The highest BCUT2D eigenvalue weighted by atomic mass is 16.1. The van der Waals surface area contributed by atoms with Crippen LogP contribution in [0.15, 0.2) is 12.3 Å². The number of fused-ring (bicyclic) bond motifs is 1. The normalized spacial score (nSPS) is 20.1. The third-order valence-electron chi connectivity index (χ3n) is 3.79. The minimum absolute atomic E-state index is 0.117. The molecule has 0 N–H and O–H groups in total. The van der Waals surface area contributed by atoms with Crippen LogP contribution in [-0.4, -0.2) is 10.4 Å². The average Bonchev–Trinajstić information content (AvgIpc) is 2.59. The summed E-state index contributed by atoms with van der Waals surface area (Å²) in [5.74, 6) is 0.318. The molecule has 0 aromatic carbocycles. The highest BCUT2D eigenvalue weighted by molar-refractivity contribution is 5.98. The van der Waals surface area contributed by atoms with E-state index in [1.165, 1.54) is 18.5 Å². The molecule has 94 valence electrons. The van der Waals surface area contributed by atoms with Gasteiger partial charge in [-0.15, -0.1) is 0 Å². The number of hydrogen-bond donors (Lipinski definition) is 0. The van der Waals surface area contributed by atoms with Crippen LogP contribution in [0.4, 0.5) is 0 Å². The van der Waals surface area contributed by atoms with Gasteiger partial charge < -0.3 is 4.57 Å². The van der Waals surface area contributed by atoms with Crippen molar-refractivity contribution in [2.75, 3.05) is 0 Å². The number of Topliss-reactive ketones (excluding diaryl/α,β-unsaturated/α-hetero) is 1. The minimum Gasteiger partial charge on any atom is -0.348 e. The quantitative estimate of drug-likeness (QED) is 0.773. The molecule has 0 amide bonds. The fraction of sp³-hybridized carbons (Fsp3) is 0.667. The molecule has 1 unspecified atom stereocenters. The van der Waals surface area contributed by atoms with Crippen LogP contribution in [0.5, 0.6) is 0 Å². The lowest BCUT2D eigenvalue weighted by atomic mass is 9.76. The first-order valence-corrected chi connectivity index (χ1v) is 6.67. The topological polar surface area (TPSA) is 22.0 Å². The zero-order valence-corrected chi connectivity index (χ0v) is 11.4. The lowest BCUT2D eigenvalue weighted by Gasteiger charge is -2.31. The SMILES string of the molecule is CCCC(C)n1ccc2c1CC(C)(C)CC2=O. The third kappa shape index (κ3) is 2.31. The summed E-state index contributed by atoms with van der Waals surface area (Å²) in [5, 5.41) is 0. The molecular formula is C15H23NO. The fourth-order valence-electron chi connectivity index (χ4n) is 2.94. The van der Waals surface area contributed by atoms with E-state index in [1.54, 1.807) is 0 Å². The summed E-state index contributed by atoms with van der Waals surface area (Å²) < 4.78 is 2.32. The van der Waals surface area contributed by atoms with Crippen LogP contribution in [0.1, 0.15) is 69.1 Å². The second-order valence-corrected chi connectivity index (χ2v) is 6.16. The van der Waals surface area contributed by atoms with E-state index in [2.05, 4.69) is 38.5 Å². The van der Waals surface area contributed by atoms with Crippen molar-refractivity contribution in [2.45, 2.75) is 59.4 Å². The predicted molar refractivity (Wildman–Crippen MR) is 70.5 cm³/mol. The van der Waals surface area contributed by atoms with E-state index in [0.717, 1.165) is 12.0 Å². The van der Waals surface area contributed by atoms with Crippen molar-refractivity contribution in [3.63, 3.8) is 0 Å².